The highest BCUT2D eigenvalue weighted by Crippen LogP contribution is 2.34. The van der Waals surface area contributed by atoms with Crippen molar-refractivity contribution in [1.29, 1.82) is 0 Å². The molecule has 0 spiro atoms. The number of sulfonamides is 1. The van der Waals surface area contributed by atoms with Crippen LogP contribution < -0.4 is 9.46 Å². The molecule has 0 aliphatic carbocycles. The highest BCUT2D eigenvalue weighted by atomic mass is 32.2. The van der Waals surface area contributed by atoms with Crippen molar-refractivity contribution in [2.45, 2.75) is 0 Å². The van der Waals surface area contributed by atoms with Crippen LogP contribution in [0.5, 0.6) is 5.75 Å². The van der Waals surface area contributed by atoms with E-state index in [1.165, 1.54) is 13.2 Å². The Hall–Kier alpha value is -2.08. The summed E-state index contributed by atoms with van der Waals surface area (Å²) in [7, 11) is -1.95. The van der Waals surface area contributed by atoms with Gasteiger partial charge in [-0.05, 0) is 6.07 Å². The Bertz CT molecular complexity index is 738. The SMILES string of the molecule is COc1c(C=O)cc(NS(C)(=O)=O)c2ccccc12. The van der Waals surface area contributed by atoms with Gasteiger partial charge in [-0.15, -0.1) is 0 Å². The molecule has 0 aliphatic heterocycles. The third kappa shape index (κ3) is 2.68. The van der Waals surface area contributed by atoms with Gasteiger partial charge in [-0.3, -0.25) is 9.52 Å². The molecule has 2 aromatic rings. The first kappa shape index (κ1) is 13.4. The van der Waals surface area contributed by atoms with E-state index in [0.29, 0.717) is 34.1 Å². The minimum Gasteiger partial charge on any atom is -0.495 e. The number of anilines is 1. The lowest BCUT2D eigenvalue weighted by Crippen LogP contribution is -2.10. The van der Waals surface area contributed by atoms with Gasteiger partial charge in [-0.2, -0.15) is 0 Å². The molecule has 0 aliphatic rings. The van der Waals surface area contributed by atoms with Crippen LogP contribution in [0.3, 0.4) is 0 Å². The van der Waals surface area contributed by atoms with E-state index in [4.69, 9.17) is 4.74 Å². The number of nitrogens with one attached hydrogen (secondary N) is 1. The van der Waals surface area contributed by atoms with E-state index in [2.05, 4.69) is 4.72 Å². The lowest BCUT2D eigenvalue weighted by atomic mass is 10.0. The second-order valence-electron chi connectivity index (χ2n) is 4.08. The first-order chi connectivity index (χ1) is 8.96. The third-order valence-electron chi connectivity index (χ3n) is 2.65. The Morgan fingerprint density at radius 1 is 1.21 bits per heavy atom. The first-order valence-electron chi connectivity index (χ1n) is 5.49. The maximum atomic E-state index is 11.4. The zero-order valence-corrected chi connectivity index (χ0v) is 11.3. The van der Waals surface area contributed by atoms with Crippen LogP contribution in [0.15, 0.2) is 30.3 Å². The molecule has 0 bridgehead atoms. The van der Waals surface area contributed by atoms with Crippen molar-refractivity contribution in [3.8, 4) is 5.75 Å². The molecule has 5 nitrogen and oxygen atoms in total. The lowest BCUT2D eigenvalue weighted by molar-refractivity contribution is 0.112. The Labute approximate surface area is 111 Å². The number of benzene rings is 2. The second-order valence-corrected chi connectivity index (χ2v) is 5.83. The molecular weight excluding hydrogens is 266 g/mol. The van der Waals surface area contributed by atoms with E-state index < -0.39 is 10.0 Å². The smallest absolute Gasteiger partial charge is 0.229 e. The van der Waals surface area contributed by atoms with Gasteiger partial charge in [-0.1, -0.05) is 24.3 Å². The number of hydrogen-bond acceptors (Lipinski definition) is 4. The minimum absolute atomic E-state index is 0.298. The van der Waals surface area contributed by atoms with E-state index in [-0.39, 0.29) is 0 Å². The number of carbonyl (C=O) groups is 1. The zero-order valence-electron chi connectivity index (χ0n) is 10.5. The number of rotatable bonds is 4. The van der Waals surface area contributed by atoms with E-state index in [0.717, 1.165) is 6.26 Å². The summed E-state index contributed by atoms with van der Waals surface area (Å²) in [5.74, 6) is 0.435. The Morgan fingerprint density at radius 3 is 2.37 bits per heavy atom. The fraction of sp³-hybridized carbons (Fsp3) is 0.154. The average Bonchev–Trinajstić information content (AvgIpc) is 2.36. The molecule has 0 aromatic heterocycles. The van der Waals surface area contributed by atoms with Crippen LogP contribution in [-0.2, 0) is 10.0 Å². The van der Waals surface area contributed by atoms with Gasteiger partial charge in [0, 0.05) is 10.8 Å². The molecule has 0 atom stereocenters. The minimum atomic E-state index is -3.42. The quantitative estimate of drug-likeness (QED) is 0.869. The molecule has 0 saturated carbocycles. The predicted molar refractivity (Wildman–Crippen MR) is 74.4 cm³/mol. The van der Waals surface area contributed by atoms with Crippen LogP contribution in [0, 0.1) is 0 Å². The maximum Gasteiger partial charge on any atom is 0.229 e. The average molecular weight is 279 g/mol. The van der Waals surface area contributed by atoms with Gasteiger partial charge in [0.15, 0.2) is 6.29 Å². The molecule has 19 heavy (non-hydrogen) atoms. The number of fused-ring (bicyclic) bond motifs is 1. The monoisotopic (exact) mass is 279 g/mol. The summed E-state index contributed by atoms with van der Waals surface area (Å²) in [4.78, 5) is 11.1. The van der Waals surface area contributed by atoms with Crippen LogP contribution in [-0.4, -0.2) is 28.1 Å². The van der Waals surface area contributed by atoms with E-state index >= 15 is 0 Å². The van der Waals surface area contributed by atoms with Gasteiger partial charge < -0.3 is 4.74 Å². The van der Waals surface area contributed by atoms with Crippen molar-refractivity contribution in [3.63, 3.8) is 0 Å². The van der Waals surface area contributed by atoms with E-state index in [1.54, 1.807) is 24.3 Å². The van der Waals surface area contributed by atoms with Crippen molar-refractivity contribution in [2.75, 3.05) is 18.1 Å². The summed E-state index contributed by atoms with van der Waals surface area (Å²) in [5, 5.41) is 1.36. The van der Waals surface area contributed by atoms with E-state index in [1.807, 2.05) is 0 Å². The van der Waals surface area contributed by atoms with Crippen molar-refractivity contribution in [2.24, 2.45) is 0 Å². The molecule has 2 rings (SSSR count). The summed E-state index contributed by atoms with van der Waals surface area (Å²) < 4.78 is 30.4. The largest absolute Gasteiger partial charge is 0.495 e. The topological polar surface area (TPSA) is 72.5 Å². The normalized spacial score (nSPS) is 11.3. The molecule has 0 heterocycles. The Balaban J connectivity index is 2.81. The van der Waals surface area contributed by atoms with Gasteiger partial charge in [0.2, 0.25) is 10.0 Å². The molecular formula is C13H13NO4S. The molecule has 0 saturated heterocycles. The van der Waals surface area contributed by atoms with Crippen molar-refractivity contribution in [3.05, 3.63) is 35.9 Å². The standard InChI is InChI=1S/C13H13NO4S/c1-18-13-9(8-15)7-12(14-19(2,16)17)10-5-3-4-6-11(10)13/h3-8,14H,1-2H3. The highest BCUT2D eigenvalue weighted by molar-refractivity contribution is 7.92. The van der Waals surface area contributed by atoms with Gasteiger partial charge in [0.25, 0.3) is 0 Å². The van der Waals surface area contributed by atoms with Crippen LogP contribution in [0.4, 0.5) is 5.69 Å². The van der Waals surface area contributed by atoms with Gasteiger partial charge in [0.1, 0.15) is 5.75 Å². The number of hydrogen-bond donors (Lipinski definition) is 1. The molecule has 0 fully saturated rings. The van der Waals surface area contributed by atoms with Crippen LogP contribution in [0.25, 0.3) is 10.8 Å². The fourth-order valence-corrected chi connectivity index (χ4v) is 2.54. The zero-order chi connectivity index (χ0) is 14.0. The van der Waals surface area contributed by atoms with Crippen molar-refractivity contribution in [1.82, 2.24) is 0 Å². The van der Waals surface area contributed by atoms with Crippen LogP contribution >= 0.6 is 0 Å². The number of aldehydes is 1. The summed E-state index contributed by atoms with van der Waals surface area (Å²) in [5.41, 5.74) is 0.661. The second kappa shape index (κ2) is 4.89. The lowest BCUT2D eigenvalue weighted by Gasteiger charge is -2.13. The summed E-state index contributed by atoms with van der Waals surface area (Å²) in [6.07, 6.45) is 1.70. The van der Waals surface area contributed by atoms with Gasteiger partial charge in [-0.25, -0.2) is 8.42 Å². The molecule has 0 radical (unpaired) electrons. The maximum absolute atomic E-state index is 11.4. The third-order valence-corrected chi connectivity index (χ3v) is 3.24. The molecule has 0 amide bonds. The summed E-state index contributed by atoms with van der Waals surface area (Å²) in [6.45, 7) is 0. The number of ether oxygens (including phenoxy) is 1. The summed E-state index contributed by atoms with van der Waals surface area (Å²) in [6, 6.07) is 8.59. The van der Waals surface area contributed by atoms with Crippen molar-refractivity contribution < 1.29 is 17.9 Å². The molecule has 0 unspecified atom stereocenters. The highest BCUT2D eigenvalue weighted by Gasteiger charge is 2.14. The predicted octanol–water partition coefficient (Wildman–Crippen LogP) is 2.03. The number of methoxy groups -OCH3 is 1. The Kier molecular flexibility index (Phi) is 3.44. The fourth-order valence-electron chi connectivity index (χ4n) is 1.97. The molecule has 1 N–H and O–H groups in total. The molecule has 100 valence electrons. The molecule has 2 aromatic carbocycles. The molecule has 6 heteroatoms. The van der Waals surface area contributed by atoms with Crippen LogP contribution in [0.1, 0.15) is 10.4 Å². The van der Waals surface area contributed by atoms with E-state index in [9.17, 15) is 13.2 Å². The van der Waals surface area contributed by atoms with Gasteiger partial charge >= 0.3 is 0 Å². The first-order valence-corrected chi connectivity index (χ1v) is 7.38. The van der Waals surface area contributed by atoms with Crippen LogP contribution in [0.2, 0.25) is 0 Å². The number of carbonyl (C=O) groups excluding carboxylic acids is 1. The van der Waals surface area contributed by atoms with Gasteiger partial charge in [0.05, 0.1) is 24.6 Å². The Morgan fingerprint density at radius 2 is 1.84 bits per heavy atom. The van der Waals surface area contributed by atoms with Crippen molar-refractivity contribution >= 4 is 32.8 Å². The summed E-state index contributed by atoms with van der Waals surface area (Å²) >= 11 is 0.